The Balaban J connectivity index is 2.40. The number of nitrogens with two attached hydrogens (primary N) is 1. The number of carbonyl (C=O) groups excluding carboxylic acids is 1. The highest BCUT2D eigenvalue weighted by atomic mass is 32.1. The first-order valence-corrected chi connectivity index (χ1v) is 6.35. The summed E-state index contributed by atoms with van der Waals surface area (Å²) in [6.07, 6.45) is 1.83. The molecule has 5 heteroatoms. The van der Waals surface area contributed by atoms with Crippen LogP contribution in [-0.4, -0.2) is 34.5 Å². The molecule has 0 aromatic carbocycles. The molecule has 1 rings (SSSR count). The molecule has 1 fully saturated rings. The lowest BCUT2D eigenvalue weighted by Crippen LogP contribution is -2.50. The van der Waals surface area contributed by atoms with Crippen LogP contribution in [0.5, 0.6) is 0 Å². The van der Waals surface area contributed by atoms with E-state index in [0.29, 0.717) is 6.42 Å². The Labute approximate surface area is 102 Å². The highest BCUT2D eigenvalue weighted by Crippen LogP contribution is 2.23. The van der Waals surface area contributed by atoms with Gasteiger partial charge in [0.2, 0.25) is 5.91 Å². The number of thiol groups is 1. The molecule has 4 atom stereocenters. The van der Waals surface area contributed by atoms with Crippen molar-refractivity contribution in [2.24, 2.45) is 11.7 Å². The van der Waals surface area contributed by atoms with Crippen LogP contribution in [-0.2, 0) is 4.79 Å². The monoisotopic (exact) mass is 246 g/mol. The molecule has 0 saturated heterocycles. The second kappa shape index (κ2) is 5.89. The number of carbonyl (C=O) groups is 1. The Morgan fingerprint density at radius 3 is 2.62 bits per heavy atom. The standard InChI is InChI=1S/C11H22N2O2S/c1-6(2)10(12)11(15)13-7-3-4-9(16)8(14)5-7/h6-10,14,16H,3-5,12H2,1-2H3,(H,13,15)/t7-,8-,9-,10-/m0/s1. The topological polar surface area (TPSA) is 75.4 Å². The van der Waals surface area contributed by atoms with Crippen molar-refractivity contribution < 1.29 is 9.90 Å². The molecular weight excluding hydrogens is 224 g/mol. The SMILES string of the molecule is CC(C)[C@H](N)C(=O)N[C@H]1CC[C@H](S)[C@@H](O)C1. The van der Waals surface area contributed by atoms with Gasteiger partial charge in [-0.1, -0.05) is 13.8 Å². The lowest BCUT2D eigenvalue weighted by molar-refractivity contribution is -0.124. The molecule has 1 aliphatic rings. The molecule has 0 aromatic heterocycles. The molecule has 0 aliphatic heterocycles. The molecule has 4 N–H and O–H groups in total. The third-order valence-corrected chi connectivity index (χ3v) is 3.75. The van der Waals surface area contributed by atoms with Crippen molar-refractivity contribution in [3.8, 4) is 0 Å². The van der Waals surface area contributed by atoms with Gasteiger partial charge in [-0.2, -0.15) is 12.6 Å². The summed E-state index contributed by atoms with van der Waals surface area (Å²) >= 11 is 4.27. The number of hydrogen-bond donors (Lipinski definition) is 4. The van der Waals surface area contributed by atoms with E-state index in [4.69, 9.17) is 5.73 Å². The summed E-state index contributed by atoms with van der Waals surface area (Å²) in [5.41, 5.74) is 5.75. The summed E-state index contributed by atoms with van der Waals surface area (Å²) in [4.78, 5) is 11.7. The molecule has 1 amide bonds. The number of aliphatic hydroxyl groups is 1. The summed E-state index contributed by atoms with van der Waals surface area (Å²) in [6.45, 7) is 3.84. The minimum absolute atomic E-state index is 0.0342. The second-order valence-corrected chi connectivity index (χ2v) is 5.59. The van der Waals surface area contributed by atoms with Crippen LogP contribution in [0.3, 0.4) is 0 Å². The Morgan fingerprint density at radius 2 is 2.12 bits per heavy atom. The van der Waals surface area contributed by atoms with Gasteiger partial charge in [0.25, 0.3) is 0 Å². The van der Waals surface area contributed by atoms with Crippen molar-refractivity contribution in [1.82, 2.24) is 5.32 Å². The molecule has 4 nitrogen and oxygen atoms in total. The first-order valence-electron chi connectivity index (χ1n) is 5.84. The number of aliphatic hydroxyl groups excluding tert-OH is 1. The van der Waals surface area contributed by atoms with Crippen LogP contribution in [0.25, 0.3) is 0 Å². The van der Waals surface area contributed by atoms with E-state index in [9.17, 15) is 9.90 Å². The fourth-order valence-corrected chi connectivity index (χ4v) is 2.13. The fourth-order valence-electron chi connectivity index (χ4n) is 1.86. The van der Waals surface area contributed by atoms with E-state index < -0.39 is 12.1 Å². The molecule has 0 unspecified atom stereocenters. The minimum atomic E-state index is -0.467. The Hall–Kier alpha value is -0.260. The molecule has 94 valence electrons. The third-order valence-electron chi connectivity index (χ3n) is 3.15. The van der Waals surface area contributed by atoms with E-state index in [0.717, 1.165) is 12.8 Å². The Bertz CT molecular complexity index is 248. The van der Waals surface area contributed by atoms with Gasteiger partial charge in [-0.25, -0.2) is 0 Å². The van der Waals surface area contributed by atoms with Crippen LogP contribution >= 0.6 is 12.6 Å². The van der Waals surface area contributed by atoms with E-state index in [-0.39, 0.29) is 23.1 Å². The van der Waals surface area contributed by atoms with Gasteiger partial charge in [0.05, 0.1) is 12.1 Å². The lowest BCUT2D eigenvalue weighted by atomic mass is 9.92. The smallest absolute Gasteiger partial charge is 0.237 e. The van der Waals surface area contributed by atoms with Crippen LogP contribution in [0.1, 0.15) is 33.1 Å². The van der Waals surface area contributed by atoms with Crippen LogP contribution in [0.2, 0.25) is 0 Å². The summed E-state index contributed by atoms with van der Waals surface area (Å²) < 4.78 is 0. The molecule has 0 spiro atoms. The molecule has 1 saturated carbocycles. The van der Waals surface area contributed by atoms with Crippen molar-refractivity contribution in [3.63, 3.8) is 0 Å². The zero-order valence-corrected chi connectivity index (χ0v) is 10.8. The molecule has 16 heavy (non-hydrogen) atoms. The van der Waals surface area contributed by atoms with Gasteiger partial charge in [-0.15, -0.1) is 0 Å². The summed E-state index contributed by atoms with van der Waals surface area (Å²) in [5, 5.41) is 12.6. The van der Waals surface area contributed by atoms with Gasteiger partial charge in [0, 0.05) is 11.3 Å². The van der Waals surface area contributed by atoms with Gasteiger partial charge >= 0.3 is 0 Å². The molecule has 0 bridgehead atoms. The second-order valence-electron chi connectivity index (χ2n) is 4.92. The van der Waals surface area contributed by atoms with Gasteiger partial charge in [0.15, 0.2) is 0 Å². The van der Waals surface area contributed by atoms with Crippen LogP contribution in [0.15, 0.2) is 0 Å². The van der Waals surface area contributed by atoms with Gasteiger partial charge in [-0.05, 0) is 25.2 Å². The van der Waals surface area contributed by atoms with E-state index in [2.05, 4.69) is 17.9 Å². The zero-order valence-electron chi connectivity index (χ0n) is 9.89. The average molecular weight is 246 g/mol. The van der Waals surface area contributed by atoms with Crippen LogP contribution < -0.4 is 11.1 Å². The van der Waals surface area contributed by atoms with Crippen molar-refractivity contribution in [2.45, 2.75) is 56.5 Å². The van der Waals surface area contributed by atoms with Gasteiger partial charge in [-0.3, -0.25) is 4.79 Å². The Kier molecular flexibility index (Phi) is 5.08. The van der Waals surface area contributed by atoms with E-state index in [1.165, 1.54) is 0 Å². The predicted molar refractivity (Wildman–Crippen MR) is 67.4 cm³/mol. The maximum absolute atomic E-state index is 11.7. The first kappa shape index (κ1) is 13.8. The minimum Gasteiger partial charge on any atom is -0.392 e. The van der Waals surface area contributed by atoms with Crippen molar-refractivity contribution in [2.75, 3.05) is 0 Å². The van der Waals surface area contributed by atoms with Crippen molar-refractivity contribution in [3.05, 3.63) is 0 Å². The molecular formula is C11H22N2O2S. The molecule has 0 aromatic rings. The fraction of sp³-hybridized carbons (Fsp3) is 0.909. The first-order chi connectivity index (χ1) is 7.41. The van der Waals surface area contributed by atoms with Crippen molar-refractivity contribution in [1.29, 1.82) is 0 Å². The number of amides is 1. The average Bonchev–Trinajstić information content (AvgIpc) is 2.22. The van der Waals surface area contributed by atoms with Gasteiger partial charge in [0.1, 0.15) is 0 Å². The van der Waals surface area contributed by atoms with Crippen LogP contribution in [0, 0.1) is 5.92 Å². The lowest BCUT2D eigenvalue weighted by Gasteiger charge is -2.31. The normalized spacial score (nSPS) is 32.5. The van der Waals surface area contributed by atoms with Crippen LogP contribution in [0.4, 0.5) is 0 Å². The number of hydrogen-bond acceptors (Lipinski definition) is 4. The summed E-state index contributed by atoms with van der Waals surface area (Å²) in [7, 11) is 0. The number of rotatable bonds is 3. The highest BCUT2D eigenvalue weighted by molar-refractivity contribution is 7.81. The van der Waals surface area contributed by atoms with E-state index in [1.807, 2.05) is 13.8 Å². The summed E-state index contributed by atoms with van der Waals surface area (Å²) in [6, 6.07) is -0.429. The number of nitrogens with one attached hydrogen (secondary N) is 1. The largest absolute Gasteiger partial charge is 0.392 e. The van der Waals surface area contributed by atoms with Gasteiger partial charge < -0.3 is 16.2 Å². The van der Waals surface area contributed by atoms with E-state index >= 15 is 0 Å². The maximum atomic E-state index is 11.7. The highest BCUT2D eigenvalue weighted by Gasteiger charge is 2.29. The van der Waals surface area contributed by atoms with Crippen molar-refractivity contribution >= 4 is 18.5 Å². The molecule has 0 radical (unpaired) electrons. The maximum Gasteiger partial charge on any atom is 0.237 e. The zero-order chi connectivity index (χ0) is 12.3. The molecule has 0 heterocycles. The third kappa shape index (κ3) is 3.64. The summed E-state index contributed by atoms with van der Waals surface area (Å²) in [5.74, 6) is 0.0101. The van der Waals surface area contributed by atoms with E-state index in [1.54, 1.807) is 0 Å². The molecule has 1 aliphatic carbocycles. The Morgan fingerprint density at radius 1 is 1.50 bits per heavy atom. The quantitative estimate of drug-likeness (QED) is 0.541. The predicted octanol–water partition coefficient (Wildman–Crippen LogP) is 0.298.